The minimum absolute atomic E-state index is 0.390. The number of halogens is 2. The number of nitrogens with one attached hydrogen (secondary N) is 1. The van der Waals surface area contributed by atoms with E-state index in [-0.39, 0.29) is 0 Å². The summed E-state index contributed by atoms with van der Waals surface area (Å²) in [7, 11) is 0. The molecule has 9 heteroatoms. The normalized spacial score (nSPS) is 14.2. The molecule has 0 radical (unpaired) electrons. The van der Waals surface area contributed by atoms with E-state index in [9.17, 15) is 9.59 Å². The Balaban J connectivity index is 1.18. The van der Waals surface area contributed by atoms with Crippen LogP contribution >= 0.6 is 23.2 Å². The highest BCUT2D eigenvalue weighted by molar-refractivity contribution is 6.43. The average molecular weight is 515 g/mol. The Hall–Kier alpha value is -3.00. The highest BCUT2D eigenvalue weighted by Gasteiger charge is 2.19. The third kappa shape index (κ3) is 6.17. The Bertz CT molecular complexity index is 1210. The standard InChI is InChI=1S/C26H28Cl2N4O3/c27-21-8-5-9-22(24(21)28)32-16-14-31(15-17-32)13-4-3-12-30-26(34)35-23-11-10-20(25(29)33)18-6-1-2-7-19(18)23/h1-2,5-11H,3-4,12-17H2,(H2,29,33)(H,30,34). The molecule has 3 aromatic rings. The first-order chi connectivity index (χ1) is 16.9. The van der Waals surface area contributed by atoms with Crippen molar-refractivity contribution in [1.82, 2.24) is 10.2 Å². The summed E-state index contributed by atoms with van der Waals surface area (Å²) in [6.07, 6.45) is 1.29. The topological polar surface area (TPSA) is 87.9 Å². The fourth-order valence-electron chi connectivity index (χ4n) is 4.31. The number of nitrogens with two attached hydrogens (primary N) is 1. The average Bonchev–Trinajstić information content (AvgIpc) is 2.86. The van der Waals surface area contributed by atoms with E-state index in [1.807, 2.05) is 24.3 Å². The van der Waals surface area contributed by atoms with Crippen LogP contribution in [0.1, 0.15) is 23.2 Å². The minimum Gasteiger partial charge on any atom is -0.410 e. The van der Waals surface area contributed by atoms with Crippen LogP contribution in [0.2, 0.25) is 10.0 Å². The predicted molar refractivity (Wildman–Crippen MR) is 141 cm³/mol. The van der Waals surface area contributed by atoms with Crippen LogP contribution in [0.5, 0.6) is 5.75 Å². The summed E-state index contributed by atoms with van der Waals surface area (Å²) < 4.78 is 5.49. The molecule has 1 saturated heterocycles. The number of piperazine rings is 1. The zero-order chi connectivity index (χ0) is 24.8. The number of benzene rings is 3. The van der Waals surface area contributed by atoms with Crippen LogP contribution in [-0.2, 0) is 0 Å². The van der Waals surface area contributed by atoms with E-state index >= 15 is 0 Å². The third-order valence-corrected chi connectivity index (χ3v) is 6.98. The SMILES string of the molecule is NC(=O)c1ccc(OC(=O)NCCCCN2CCN(c3cccc(Cl)c3Cl)CC2)c2ccccc12. The number of nitrogens with zero attached hydrogens (tertiary/aromatic N) is 2. The summed E-state index contributed by atoms with van der Waals surface area (Å²) in [4.78, 5) is 28.6. The van der Waals surface area contributed by atoms with Crippen molar-refractivity contribution < 1.29 is 14.3 Å². The van der Waals surface area contributed by atoms with Gasteiger partial charge in [0.2, 0.25) is 5.91 Å². The zero-order valence-corrected chi connectivity index (χ0v) is 20.8. The van der Waals surface area contributed by atoms with E-state index in [2.05, 4.69) is 15.1 Å². The van der Waals surface area contributed by atoms with Gasteiger partial charge in [0.05, 0.1) is 15.7 Å². The highest BCUT2D eigenvalue weighted by Crippen LogP contribution is 2.33. The molecule has 1 aliphatic rings. The van der Waals surface area contributed by atoms with Gasteiger partial charge in [-0.05, 0) is 49.0 Å². The molecule has 2 amide bonds. The van der Waals surface area contributed by atoms with Gasteiger partial charge in [-0.3, -0.25) is 9.69 Å². The summed E-state index contributed by atoms with van der Waals surface area (Å²) in [5.74, 6) is -0.132. The predicted octanol–water partition coefficient (Wildman–Crippen LogP) is 4.94. The van der Waals surface area contributed by atoms with Crippen LogP contribution in [0.3, 0.4) is 0 Å². The Labute approximate surface area is 214 Å². The Morgan fingerprint density at radius 3 is 2.40 bits per heavy atom. The van der Waals surface area contributed by atoms with Crippen LogP contribution in [0, 0.1) is 0 Å². The summed E-state index contributed by atoms with van der Waals surface area (Å²) >= 11 is 12.5. The number of carbonyl (C=O) groups is 2. The second kappa shape index (κ2) is 11.6. The summed E-state index contributed by atoms with van der Waals surface area (Å²) in [5, 5.41) is 5.31. The van der Waals surface area contributed by atoms with Crippen molar-refractivity contribution in [3.8, 4) is 5.75 Å². The van der Waals surface area contributed by atoms with Crippen molar-refractivity contribution in [3.63, 3.8) is 0 Å². The van der Waals surface area contributed by atoms with Crippen molar-refractivity contribution >= 4 is 51.7 Å². The quantitative estimate of drug-likeness (QED) is 0.415. The number of unbranched alkanes of at least 4 members (excludes halogenated alkanes) is 1. The molecule has 184 valence electrons. The second-order valence-corrected chi connectivity index (χ2v) is 9.23. The third-order valence-electron chi connectivity index (χ3n) is 6.17. The van der Waals surface area contributed by atoms with E-state index in [1.54, 1.807) is 30.3 Å². The van der Waals surface area contributed by atoms with E-state index in [1.165, 1.54) is 0 Å². The molecule has 4 rings (SSSR count). The van der Waals surface area contributed by atoms with Gasteiger partial charge in [0.1, 0.15) is 5.75 Å². The zero-order valence-electron chi connectivity index (χ0n) is 19.3. The molecule has 7 nitrogen and oxygen atoms in total. The molecule has 0 aromatic heterocycles. The van der Waals surface area contributed by atoms with Gasteiger partial charge in [-0.25, -0.2) is 4.79 Å². The lowest BCUT2D eigenvalue weighted by atomic mass is 10.0. The Kier molecular flexibility index (Phi) is 8.33. The van der Waals surface area contributed by atoms with Gasteiger partial charge in [-0.2, -0.15) is 0 Å². The monoisotopic (exact) mass is 514 g/mol. The van der Waals surface area contributed by atoms with E-state index < -0.39 is 12.0 Å². The molecule has 3 aromatic carbocycles. The molecule has 0 atom stereocenters. The van der Waals surface area contributed by atoms with Crippen LogP contribution in [-0.4, -0.2) is 56.2 Å². The molecule has 0 spiro atoms. The molecule has 1 aliphatic heterocycles. The van der Waals surface area contributed by atoms with Gasteiger partial charge in [0, 0.05) is 43.7 Å². The molecular formula is C26H28Cl2N4O3. The molecule has 3 N–H and O–H groups in total. The summed E-state index contributed by atoms with van der Waals surface area (Å²) in [6.45, 7) is 5.18. The number of hydrogen-bond donors (Lipinski definition) is 2. The van der Waals surface area contributed by atoms with Crippen molar-refractivity contribution in [2.75, 3.05) is 44.2 Å². The smallest absolute Gasteiger partial charge is 0.410 e. The molecule has 0 unspecified atom stereocenters. The lowest BCUT2D eigenvalue weighted by Crippen LogP contribution is -2.46. The van der Waals surface area contributed by atoms with Gasteiger partial charge < -0.3 is 20.7 Å². The number of primary amides is 1. The van der Waals surface area contributed by atoms with Gasteiger partial charge in [-0.1, -0.05) is 53.5 Å². The van der Waals surface area contributed by atoms with Crippen molar-refractivity contribution in [2.24, 2.45) is 5.73 Å². The fraction of sp³-hybridized carbons (Fsp3) is 0.308. The summed E-state index contributed by atoms with van der Waals surface area (Å²) in [6, 6.07) is 16.1. The van der Waals surface area contributed by atoms with Crippen LogP contribution in [0.4, 0.5) is 10.5 Å². The number of rotatable bonds is 8. The fourth-order valence-corrected chi connectivity index (χ4v) is 4.73. The van der Waals surface area contributed by atoms with E-state index in [0.29, 0.717) is 38.7 Å². The number of hydrogen-bond acceptors (Lipinski definition) is 5. The van der Waals surface area contributed by atoms with Gasteiger partial charge in [-0.15, -0.1) is 0 Å². The van der Waals surface area contributed by atoms with Crippen molar-refractivity contribution in [3.05, 3.63) is 70.2 Å². The van der Waals surface area contributed by atoms with Crippen molar-refractivity contribution in [1.29, 1.82) is 0 Å². The lowest BCUT2D eigenvalue weighted by Gasteiger charge is -2.36. The minimum atomic E-state index is -0.521. The van der Waals surface area contributed by atoms with Crippen LogP contribution < -0.4 is 20.7 Å². The maximum atomic E-state index is 12.3. The second-order valence-electron chi connectivity index (χ2n) is 8.45. The van der Waals surface area contributed by atoms with Gasteiger partial charge >= 0.3 is 6.09 Å². The molecule has 0 aliphatic carbocycles. The number of fused-ring (bicyclic) bond motifs is 1. The maximum absolute atomic E-state index is 12.3. The molecule has 35 heavy (non-hydrogen) atoms. The maximum Gasteiger partial charge on any atom is 0.412 e. The first-order valence-electron chi connectivity index (χ1n) is 11.6. The summed E-state index contributed by atoms with van der Waals surface area (Å²) in [5.41, 5.74) is 6.83. The Morgan fingerprint density at radius 2 is 1.66 bits per heavy atom. The molecule has 0 bridgehead atoms. The highest BCUT2D eigenvalue weighted by atomic mass is 35.5. The number of carbonyl (C=O) groups excluding carboxylic acids is 2. The van der Waals surface area contributed by atoms with E-state index in [0.717, 1.165) is 51.3 Å². The van der Waals surface area contributed by atoms with E-state index in [4.69, 9.17) is 33.7 Å². The number of anilines is 1. The van der Waals surface area contributed by atoms with Gasteiger partial charge in [0.25, 0.3) is 0 Å². The largest absolute Gasteiger partial charge is 0.412 e. The number of amides is 2. The van der Waals surface area contributed by atoms with Crippen LogP contribution in [0.15, 0.2) is 54.6 Å². The lowest BCUT2D eigenvalue weighted by molar-refractivity contribution is 0.100. The molecule has 1 heterocycles. The van der Waals surface area contributed by atoms with Crippen molar-refractivity contribution in [2.45, 2.75) is 12.8 Å². The first kappa shape index (κ1) is 25.1. The number of ether oxygens (including phenoxy) is 1. The Morgan fingerprint density at radius 1 is 0.914 bits per heavy atom. The molecule has 1 fully saturated rings. The molecule has 0 saturated carbocycles. The first-order valence-corrected chi connectivity index (χ1v) is 12.4. The van der Waals surface area contributed by atoms with Gasteiger partial charge in [0.15, 0.2) is 0 Å². The molecular weight excluding hydrogens is 487 g/mol. The van der Waals surface area contributed by atoms with Crippen LogP contribution in [0.25, 0.3) is 10.8 Å².